The molecule has 1 aromatic carbocycles. The lowest BCUT2D eigenvalue weighted by atomic mass is 10.1. The molecule has 0 aliphatic rings. The van der Waals surface area contributed by atoms with Gasteiger partial charge in [0, 0.05) is 4.70 Å². The average molecular weight is 250 g/mol. The number of fused-ring (bicyclic) bond motifs is 1. The molecule has 1 heterocycles. The summed E-state index contributed by atoms with van der Waals surface area (Å²) in [6.07, 6.45) is 0.174. The Labute approximate surface area is 104 Å². The molecule has 3 nitrogen and oxygen atoms in total. The van der Waals surface area contributed by atoms with Gasteiger partial charge in [-0.2, -0.15) is 0 Å². The topological polar surface area (TPSA) is 46.5 Å². The summed E-state index contributed by atoms with van der Waals surface area (Å²) in [5, 5.41) is 12.0. The van der Waals surface area contributed by atoms with E-state index in [0.29, 0.717) is 12.2 Å². The fourth-order valence-electron chi connectivity index (χ4n) is 1.58. The molecule has 0 saturated carbocycles. The second-order valence-corrected chi connectivity index (χ2v) is 5.05. The molecule has 17 heavy (non-hydrogen) atoms. The van der Waals surface area contributed by atoms with Gasteiger partial charge in [0.15, 0.2) is 0 Å². The highest BCUT2D eigenvalue weighted by atomic mass is 32.1. The zero-order chi connectivity index (χ0) is 12.4. The summed E-state index contributed by atoms with van der Waals surface area (Å²) in [4.78, 5) is 10.9. The Morgan fingerprint density at radius 3 is 2.88 bits per heavy atom. The maximum absolute atomic E-state index is 10.9. The second-order valence-electron chi connectivity index (χ2n) is 4.14. The first kappa shape index (κ1) is 12.1. The van der Waals surface area contributed by atoms with E-state index in [1.807, 2.05) is 25.3 Å². The van der Waals surface area contributed by atoms with Gasteiger partial charge in [0.1, 0.15) is 0 Å². The minimum atomic E-state index is -0.895. The zero-order valence-corrected chi connectivity index (χ0v) is 10.6. The van der Waals surface area contributed by atoms with Gasteiger partial charge in [-0.05, 0) is 48.4 Å². The predicted molar refractivity (Wildman–Crippen MR) is 68.7 cm³/mol. The maximum Gasteiger partial charge on any atom is 0.335 e. The third-order valence-electron chi connectivity index (χ3n) is 2.47. The number of carboxylic acid groups (broad SMARTS) is 1. The molecule has 0 unspecified atom stereocenters. The van der Waals surface area contributed by atoms with Gasteiger partial charge >= 0.3 is 5.97 Å². The van der Waals surface area contributed by atoms with E-state index in [1.165, 1.54) is 0 Å². The molecule has 0 radical (unpaired) electrons. The summed E-state index contributed by atoms with van der Waals surface area (Å²) in [6, 6.07) is 5.20. The Bertz CT molecular complexity index is 543. The van der Waals surface area contributed by atoms with Crippen LogP contribution < -0.4 is 0 Å². The molecular formula is C13H14O3S. The van der Waals surface area contributed by atoms with Gasteiger partial charge < -0.3 is 9.84 Å². The third kappa shape index (κ3) is 2.65. The number of carboxylic acids is 1. The molecule has 0 spiro atoms. The Hall–Kier alpha value is -1.39. The van der Waals surface area contributed by atoms with Gasteiger partial charge in [-0.1, -0.05) is 0 Å². The summed E-state index contributed by atoms with van der Waals surface area (Å²) in [7, 11) is 0. The predicted octanol–water partition coefficient (Wildman–Crippen LogP) is 3.52. The Morgan fingerprint density at radius 2 is 2.24 bits per heavy atom. The first-order valence-electron chi connectivity index (χ1n) is 5.43. The summed E-state index contributed by atoms with van der Waals surface area (Å²) in [6.45, 7) is 4.50. The van der Waals surface area contributed by atoms with Crippen molar-refractivity contribution in [2.24, 2.45) is 0 Å². The van der Waals surface area contributed by atoms with Crippen molar-refractivity contribution < 1.29 is 14.6 Å². The lowest BCUT2D eigenvalue weighted by Crippen LogP contribution is -2.02. The van der Waals surface area contributed by atoms with Gasteiger partial charge in [-0.25, -0.2) is 4.79 Å². The van der Waals surface area contributed by atoms with Crippen LogP contribution in [0.2, 0.25) is 0 Å². The Morgan fingerprint density at radius 1 is 1.47 bits per heavy atom. The van der Waals surface area contributed by atoms with Crippen molar-refractivity contribution in [1.29, 1.82) is 0 Å². The molecule has 2 rings (SSSR count). The molecule has 0 aliphatic heterocycles. The summed E-state index contributed by atoms with van der Waals surface area (Å²) in [5.74, 6) is -0.895. The van der Waals surface area contributed by atoms with E-state index in [9.17, 15) is 4.79 Å². The van der Waals surface area contributed by atoms with Crippen molar-refractivity contribution in [2.75, 3.05) is 0 Å². The number of carbonyl (C=O) groups is 1. The van der Waals surface area contributed by atoms with Crippen molar-refractivity contribution in [3.05, 3.63) is 34.7 Å². The van der Waals surface area contributed by atoms with Crippen molar-refractivity contribution in [1.82, 2.24) is 0 Å². The average Bonchev–Trinajstić information content (AvgIpc) is 2.68. The van der Waals surface area contributed by atoms with Gasteiger partial charge in [-0.3, -0.25) is 0 Å². The minimum absolute atomic E-state index is 0.174. The number of thiophene rings is 1. The maximum atomic E-state index is 10.9. The Balaban J connectivity index is 2.36. The molecule has 0 aliphatic carbocycles. The first-order valence-corrected chi connectivity index (χ1v) is 6.31. The summed E-state index contributed by atoms with van der Waals surface area (Å²) < 4.78 is 6.65. The zero-order valence-electron chi connectivity index (χ0n) is 9.77. The van der Waals surface area contributed by atoms with Crippen LogP contribution in [0.1, 0.15) is 29.8 Å². The minimum Gasteiger partial charge on any atom is -0.478 e. The molecule has 0 saturated heterocycles. The highest BCUT2D eigenvalue weighted by Gasteiger charge is 2.09. The van der Waals surface area contributed by atoms with E-state index in [2.05, 4.69) is 0 Å². The van der Waals surface area contributed by atoms with Crippen molar-refractivity contribution in [2.45, 2.75) is 26.6 Å². The third-order valence-corrected chi connectivity index (χ3v) is 3.49. The van der Waals surface area contributed by atoms with Crippen molar-refractivity contribution in [3.63, 3.8) is 0 Å². The van der Waals surface area contributed by atoms with Crippen LogP contribution >= 0.6 is 11.3 Å². The molecule has 4 heteroatoms. The van der Waals surface area contributed by atoms with E-state index in [4.69, 9.17) is 9.84 Å². The number of ether oxygens (including phenoxy) is 1. The van der Waals surface area contributed by atoms with Gasteiger partial charge in [-0.15, -0.1) is 11.3 Å². The van der Waals surface area contributed by atoms with Crippen LogP contribution in [0.5, 0.6) is 0 Å². The van der Waals surface area contributed by atoms with Crippen LogP contribution in [-0.4, -0.2) is 17.2 Å². The molecule has 0 bridgehead atoms. The van der Waals surface area contributed by atoms with E-state index < -0.39 is 5.97 Å². The van der Waals surface area contributed by atoms with Crippen molar-refractivity contribution in [3.8, 4) is 0 Å². The number of benzene rings is 1. The molecule has 0 amide bonds. The summed E-state index contributed by atoms with van der Waals surface area (Å²) in [5.41, 5.74) is 1.38. The van der Waals surface area contributed by atoms with E-state index >= 15 is 0 Å². The number of rotatable bonds is 4. The summed E-state index contributed by atoms with van der Waals surface area (Å²) >= 11 is 1.61. The number of hydrogen-bond acceptors (Lipinski definition) is 3. The van der Waals surface area contributed by atoms with Crippen LogP contribution in [0.15, 0.2) is 23.6 Å². The number of aromatic carboxylic acids is 1. The normalized spacial score (nSPS) is 11.2. The van der Waals surface area contributed by atoms with Gasteiger partial charge in [0.25, 0.3) is 0 Å². The van der Waals surface area contributed by atoms with Crippen LogP contribution in [0, 0.1) is 0 Å². The smallest absolute Gasteiger partial charge is 0.335 e. The van der Waals surface area contributed by atoms with Gasteiger partial charge in [0.05, 0.1) is 18.3 Å². The fourth-order valence-corrected chi connectivity index (χ4v) is 2.51. The lowest BCUT2D eigenvalue weighted by Gasteiger charge is -2.06. The first-order chi connectivity index (χ1) is 8.08. The molecule has 1 aromatic heterocycles. The molecule has 2 aromatic rings. The Kier molecular flexibility index (Phi) is 3.45. The van der Waals surface area contributed by atoms with E-state index in [0.717, 1.165) is 15.6 Å². The van der Waals surface area contributed by atoms with Crippen LogP contribution in [0.4, 0.5) is 0 Å². The van der Waals surface area contributed by atoms with Gasteiger partial charge in [0.2, 0.25) is 0 Å². The quantitative estimate of drug-likeness (QED) is 0.903. The van der Waals surface area contributed by atoms with Crippen LogP contribution in [0.25, 0.3) is 10.1 Å². The molecule has 0 atom stereocenters. The highest BCUT2D eigenvalue weighted by molar-refractivity contribution is 7.17. The SMILES string of the molecule is CC(C)OCc1csc2ccc(C(=O)O)cc12. The fraction of sp³-hybridized carbons (Fsp3) is 0.308. The van der Waals surface area contributed by atoms with Crippen LogP contribution in [-0.2, 0) is 11.3 Å². The molecule has 90 valence electrons. The highest BCUT2D eigenvalue weighted by Crippen LogP contribution is 2.27. The lowest BCUT2D eigenvalue weighted by molar-refractivity contribution is 0.0664. The second kappa shape index (κ2) is 4.85. The van der Waals surface area contributed by atoms with E-state index in [1.54, 1.807) is 23.5 Å². The number of hydrogen-bond donors (Lipinski definition) is 1. The molecule has 0 fully saturated rings. The van der Waals surface area contributed by atoms with Crippen LogP contribution in [0.3, 0.4) is 0 Å². The van der Waals surface area contributed by atoms with E-state index in [-0.39, 0.29) is 6.10 Å². The van der Waals surface area contributed by atoms with Crippen molar-refractivity contribution >= 4 is 27.4 Å². The largest absolute Gasteiger partial charge is 0.478 e. The molecular weight excluding hydrogens is 236 g/mol. The standard InChI is InChI=1S/C13H14O3S/c1-8(2)16-6-10-7-17-12-4-3-9(13(14)15)5-11(10)12/h3-5,7-8H,6H2,1-2H3,(H,14,15). The molecule has 1 N–H and O–H groups in total. The monoisotopic (exact) mass is 250 g/mol.